The van der Waals surface area contributed by atoms with Gasteiger partial charge in [0.1, 0.15) is 0 Å². The van der Waals surface area contributed by atoms with E-state index in [9.17, 15) is 0 Å². The molecule has 3 fully saturated rings. The first-order chi connectivity index (χ1) is 8.75. The Labute approximate surface area is 110 Å². The molecule has 0 aromatic carbocycles. The van der Waals surface area contributed by atoms with Gasteiger partial charge in [-0.3, -0.25) is 9.80 Å². The summed E-state index contributed by atoms with van der Waals surface area (Å²) < 4.78 is 5.43. The molecular formula is C14H27N3O. The maximum atomic E-state index is 6.52. The number of piperidine rings is 1. The van der Waals surface area contributed by atoms with Crippen molar-refractivity contribution in [2.45, 2.75) is 43.7 Å². The third-order valence-corrected chi connectivity index (χ3v) is 4.95. The van der Waals surface area contributed by atoms with E-state index < -0.39 is 0 Å². The molecule has 0 aliphatic carbocycles. The summed E-state index contributed by atoms with van der Waals surface area (Å²) in [6.07, 6.45) is 6.25. The minimum absolute atomic E-state index is 0.00901. The lowest BCUT2D eigenvalue weighted by molar-refractivity contribution is 0.00743. The zero-order valence-corrected chi connectivity index (χ0v) is 11.4. The maximum Gasteiger partial charge on any atom is 0.0484 e. The number of ether oxygens (including phenoxy) is 1. The van der Waals surface area contributed by atoms with Crippen LogP contribution in [0.5, 0.6) is 0 Å². The van der Waals surface area contributed by atoms with Gasteiger partial charge in [-0.15, -0.1) is 0 Å². The van der Waals surface area contributed by atoms with Gasteiger partial charge >= 0.3 is 0 Å². The average Bonchev–Trinajstić information content (AvgIpc) is 2.39. The predicted molar refractivity (Wildman–Crippen MR) is 72.6 cm³/mol. The van der Waals surface area contributed by atoms with E-state index in [4.69, 9.17) is 10.5 Å². The molecule has 104 valence electrons. The van der Waals surface area contributed by atoms with Crippen molar-refractivity contribution in [3.63, 3.8) is 0 Å². The van der Waals surface area contributed by atoms with Gasteiger partial charge in [0.25, 0.3) is 0 Å². The van der Waals surface area contributed by atoms with Crippen LogP contribution in [0.1, 0.15) is 32.1 Å². The molecule has 3 aliphatic rings. The van der Waals surface area contributed by atoms with Crippen molar-refractivity contribution in [1.29, 1.82) is 0 Å². The fourth-order valence-electron chi connectivity index (χ4n) is 3.75. The van der Waals surface area contributed by atoms with Gasteiger partial charge in [0.05, 0.1) is 0 Å². The molecule has 3 saturated heterocycles. The summed E-state index contributed by atoms with van der Waals surface area (Å²) in [6.45, 7) is 7.77. The molecule has 18 heavy (non-hydrogen) atoms. The van der Waals surface area contributed by atoms with Crippen LogP contribution in [-0.4, -0.2) is 67.3 Å². The molecule has 3 heterocycles. The Balaban J connectivity index is 1.54. The van der Waals surface area contributed by atoms with Crippen LogP contribution in [0.3, 0.4) is 0 Å². The number of fused-ring (bicyclic) bond motifs is 1. The lowest BCUT2D eigenvalue weighted by atomic mass is 9.89. The summed E-state index contributed by atoms with van der Waals surface area (Å²) >= 11 is 0. The number of nitrogens with zero attached hydrogens (tertiary/aromatic N) is 2. The molecule has 1 atom stereocenters. The van der Waals surface area contributed by atoms with Crippen LogP contribution in [0, 0.1) is 0 Å². The van der Waals surface area contributed by atoms with Crippen molar-refractivity contribution < 1.29 is 4.74 Å². The Kier molecular flexibility index (Phi) is 3.89. The standard InChI is InChI=1S/C14H27N3O/c15-14(4-9-18-10-5-14)12-16-7-8-17-6-2-1-3-13(17)11-16/h13H,1-12,15H2. The quantitative estimate of drug-likeness (QED) is 0.785. The van der Waals surface area contributed by atoms with Gasteiger partial charge in [-0.1, -0.05) is 6.42 Å². The second-order valence-electron chi connectivity index (χ2n) is 6.40. The van der Waals surface area contributed by atoms with Gasteiger partial charge in [0, 0.05) is 51.0 Å². The number of hydrogen-bond donors (Lipinski definition) is 1. The fraction of sp³-hybridized carbons (Fsp3) is 1.00. The van der Waals surface area contributed by atoms with Gasteiger partial charge in [0.2, 0.25) is 0 Å². The topological polar surface area (TPSA) is 41.7 Å². The van der Waals surface area contributed by atoms with E-state index in [0.29, 0.717) is 0 Å². The van der Waals surface area contributed by atoms with Gasteiger partial charge in [-0.05, 0) is 32.2 Å². The van der Waals surface area contributed by atoms with Crippen molar-refractivity contribution >= 4 is 0 Å². The third kappa shape index (κ3) is 2.87. The first-order valence-corrected chi connectivity index (χ1v) is 7.58. The van der Waals surface area contributed by atoms with Crippen molar-refractivity contribution in [3.8, 4) is 0 Å². The highest BCUT2D eigenvalue weighted by Crippen LogP contribution is 2.24. The molecule has 3 aliphatic heterocycles. The monoisotopic (exact) mass is 253 g/mol. The predicted octanol–water partition coefficient (Wildman–Crippen LogP) is 0.664. The first kappa shape index (κ1) is 12.9. The zero-order valence-electron chi connectivity index (χ0n) is 11.4. The smallest absolute Gasteiger partial charge is 0.0484 e. The largest absolute Gasteiger partial charge is 0.381 e. The maximum absolute atomic E-state index is 6.52. The molecule has 0 bridgehead atoms. The SMILES string of the molecule is NC1(CN2CCN3CCCCC3C2)CCOCC1. The second kappa shape index (κ2) is 5.45. The Hall–Kier alpha value is -0.160. The van der Waals surface area contributed by atoms with E-state index in [1.165, 1.54) is 45.4 Å². The summed E-state index contributed by atoms with van der Waals surface area (Å²) in [5.41, 5.74) is 6.53. The van der Waals surface area contributed by atoms with Gasteiger partial charge in [-0.25, -0.2) is 0 Å². The Morgan fingerprint density at radius 1 is 1.11 bits per heavy atom. The first-order valence-electron chi connectivity index (χ1n) is 7.58. The molecule has 4 heteroatoms. The Bertz CT molecular complexity index is 278. The van der Waals surface area contributed by atoms with E-state index in [-0.39, 0.29) is 5.54 Å². The molecule has 3 rings (SSSR count). The van der Waals surface area contributed by atoms with E-state index in [1.807, 2.05) is 0 Å². The van der Waals surface area contributed by atoms with E-state index in [2.05, 4.69) is 9.80 Å². The normalized spacial score (nSPS) is 34.2. The summed E-state index contributed by atoms with van der Waals surface area (Å²) in [5.74, 6) is 0. The van der Waals surface area contributed by atoms with Crippen molar-refractivity contribution in [2.24, 2.45) is 5.73 Å². The van der Waals surface area contributed by atoms with Crippen LogP contribution in [-0.2, 0) is 4.74 Å². The van der Waals surface area contributed by atoms with E-state index in [1.54, 1.807) is 0 Å². The second-order valence-corrected chi connectivity index (χ2v) is 6.40. The van der Waals surface area contributed by atoms with Gasteiger partial charge < -0.3 is 10.5 Å². The lowest BCUT2D eigenvalue weighted by Gasteiger charge is -2.47. The highest BCUT2D eigenvalue weighted by Gasteiger charge is 2.34. The summed E-state index contributed by atoms with van der Waals surface area (Å²) in [6, 6.07) is 0.802. The minimum Gasteiger partial charge on any atom is -0.381 e. The lowest BCUT2D eigenvalue weighted by Crippen LogP contribution is -2.60. The molecule has 0 spiro atoms. The van der Waals surface area contributed by atoms with Crippen LogP contribution >= 0.6 is 0 Å². The molecule has 0 radical (unpaired) electrons. The van der Waals surface area contributed by atoms with Crippen molar-refractivity contribution in [2.75, 3.05) is 45.9 Å². The Morgan fingerprint density at radius 2 is 1.94 bits per heavy atom. The molecule has 0 aromatic rings. The fourth-order valence-corrected chi connectivity index (χ4v) is 3.75. The molecule has 1 unspecified atom stereocenters. The van der Waals surface area contributed by atoms with E-state index >= 15 is 0 Å². The zero-order chi connectivity index (χ0) is 12.4. The number of nitrogens with two attached hydrogens (primary N) is 1. The number of piperazine rings is 1. The van der Waals surface area contributed by atoms with Crippen LogP contribution < -0.4 is 5.73 Å². The molecule has 2 N–H and O–H groups in total. The summed E-state index contributed by atoms with van der Waals surface area (Å²) in [5, 5.41) is 0. The van der Waals surface area contributed by atoms with Crippen LogP contribution in [0.15, 0.2) is 0 Å². The summed E-state index contributed by atoms with van der Waals surface area (Å²) in [4.78, 5) is 5.30. The van der Waals surface area contributed by atoms with Crippen LogP contribution in [0.2, 0.25) is 0 Å². The highest BCUT2D eigenvalue weighted by atomic mass is 16.5. The number of hydrogen-bond acceptors (Lipinski definition) is 4. The summed E-state index contributed by atoms with van der Waals surface area (Å²) in [7, 11) is 0. The Morgan fingerprint density at radius 3 is 2.78 bits per heavy atom. The van der Waals surface area contributed by atoms with Crippen LogP contribution in [0.4, 0.5) is 0 Å². The van der Waals surface area contributed by atoms with E-state index in [0.717, 1.165) is 38.6 Å². The van der Waals surface area contributed by atoms with Gasteiger partial charge in [-0.2, -0.15) is 0 Å². The molecule has 4 nitrogen and oxygen atoms in total. The number of rotatable bonds is 2. The molecule has 0 amide bonds. The average molecular weight is 253 g/mol. The molecule has 0 saturated carbocycles. The van der Waals surface area contributed by atoms with Crippen LogP contribution in [0.25, 0.3) is 0 Å². The van der Waals surface area contributed by atoms with Crippen molar-refractivity contribution in [3.05, 3.63) is 0 Å². The minimum atomic E-state index is 0.00901. The molecule has 0 aromatic heterocycles. The van der Waals surface area contributed by atoms with Gasteiger partial charge in [0.15, 0.2) is 0 Å². The molecular weight excluding hydrogens is 226 g/mol. The highest BCUT2D eigenvalue weighted by molar-refractivity contribution is 4.93. The van der Waals surface area contributed by atoms with Crippen molar-refractivity contribution in [1.82, 2.24) is 9.80 Å². The third-order valence-electron chi connectivity index (χ3n) is 4.95.